The van der Waals surface area contributed by atoms with Crippen LogP contribution in [-0.2, 0) is 11.2 Å². The molecule has 6 nitrogen and oxygen atoms in total. The molecule has 0 aromatic heterocycles. The van der Waals surface area contributed by atoms with Crippen molar-refractivity contribution < 1.29 is 9.59 Å². The van der Waals surface area contributed by atoms with E-state index in [-0.39, 0.29) is 23.9 Å². The summed E-state index contributed by atoms with van der Waals surface area (Å²) in [4.78, 5) is 28.2. The highest BCUT2D eigenvalue weighted by molar-refractivity contribution is 5.94. The second kappa shape index (κ2) is 13.7. The van der Waals surface area contributed by atoms with Crippen LogP contribution in [0.4, 0.5) is 0 Å². The Hall–Kier alpha value is -3.48. The zero-order chi connectivity index (χ0) is 25.9. The monoisotopic (exact) mass is 498 g/mol. The summed E-state index contributed by atoms with van der Waals surface area (Å²) >= 11 is 0. The standard InChI is InChI=1S/C31H38N4O2/c32-20-8-7-13-29-31(37)35(21-18-24-9-3-1-4-10-24)22-19-28(34-29)23-33-30(36)27-16-14-26(15-17-27)25-11-5-2-6-12-25/h1-6,9-12,14-17,28-29,34H,7-8,13,18-23,32H2,(H,33,36). The highest BCUT2D eigenvalue weighted by Crippen LogP contribution is 2.19. The Morgan fingerprint density at radius 2 is 1.59 bits per heavy atom. The van der Waals surface area contributed by atoms with Crippen molar-refractivity contribution in [3.8, 4) is 11.1 Å². The van der Waals surface area contributed by atoms with Crippen LogP contribution < -0.4 is 16.4 Å². The molecule has 3 aromatic rings. The number of carbonyl (C=O) groups excluding carboxylic acids is 2. The Labute approximate surface area is 220 Å². The van der Waals surface area contributed by atoms with Gasteiger partial charge in [0, 0.05) is 31.2 Å². The van der Waals surface area contributed by atoms with Crippen molar-refractivity contribution in [2.75, 3.05) is 26.2 Å². The van der Waals surface area contributed by atoms with E-state index in [0.717, 1.165) is 43.2 Å². The molecule has 0 bridgehead atoms. The minimum absolute atomic E-state index is 0.0288. The van der Waals surface area contributed by atoms with Crippen molar-refractivity contribution in [2.24, 2.45) is 5.73 Å². The van der Waals surface area contributed by atoms with E-state index in [9.17, 15) is 9.59 Å². The molecule has 4 N–H and O–H groups in total. The lowest BCUT2D eigenvalue weighted by Crippen LogP contribution is -2.49. The van der Waals surface area contributed by atoms with Crippen molar-refractivity contribution in [3.63, 3.8) is 0 Å². The molecule has 6 heteroatoms. The molecule has 2 amide bonds. The summed E-state index contributed by atoms with van der Waals surface area (Å²) in [5.41, 5.74) is 9.76. The predicted octanol–water partition coefficient (Wildman–Crippen LogP) is 4.01. The Morgan fingerprint density at radius 3 is 2.30 bits per heavy atom. The largest absolute Gasteiger partial charge is 0.350 e. The van der Waals surface area contributed by atoms with Crippen LogP contribution in [0.25, 0.3) is 11.1 Å². The Balaban J connectivity index is 1.35. The Kier molecular flexibility index (Phi) is 9.86. The predicted molar refractivity (Wildman–Crippen MR) is 149 cm³/mol. The maximum absolute atomic E-state index is 13.4. The van der Waals surface area contributed by atoms with E-state index < -0.39 is 0 Å². The Bertz CT molecular complexity index is 1120. The summed E-state index contributed by atoms with van der Waals surface area (Å²) in [6, 6.07) is 27.9. The van der Waals surface area contributed by atoms with Crippen LogP contribution in [0, 0.1) is 0 Å². The van der Waals surface area contributed by atoms with Gasteiger partial charge in [0.05, 0.1) is 6.04 Å². The van der Waals surface area contributed by atoms with Crippen LogP contribution >= 0.6 is 0 Å². The summed E-state index contributed by atoms with van der Waals surface area (Å²) in [7, 11) is 0. The molecular weight excluding hydrogens is 460 g/mol. The van der Waals surface area contributed by atoms with Gasteiger partial charge in [-0.2, -0.15) is 0 Å². The average molecular weight is 499 g/mol. The Morgan fingerprint density at radius 1 is 0.919 bits per heavy atom. The SMILES string of the molecule is NCCCCC1NC(CNC(=O)c2ccc(-c3ccccc3)cc2)CCN(CCc2ccccc2)C1=O. The van der Waals surface area contributed by atoms with Gasteiger partial charge in [-0.3, -0.25) is 9.59 Å². The molecular formula is C31H38N4O2. The van der Waals surface area contributed by atoms with Crippen LogP contribution in [0.3, 0.4) is 0 Å². The number of nitrogens with two attached hydrogens (primary N) is 1. The first-order valence-corrected chi connectivity index (χ1v) is 13.4. The average Bonchev–Trinajstić information content (AvgIpc) is 3.10. The fourth-order valence-electron chi connectivity index (χ4n) is 4.84. The van der Waals surface area contributed by atoms with Gasteiger partial charge < -0.3 is 21.3 Å². The maximum atomic E-state index is 13.4. The van der Waals surface area contributed by atoms with Crippen molar-refractivity contribution in [2.45, 2.75) is 44.2 Å². The van der Waals surface area contributed by atoms with E-state index in [2.05, 4.69) is 34.9 Å². The second-order valence-electron chi connectivity index (χ2n) is 9.70. The van der Waals surface area contributed by atoms with Crippen LogP contribution in [0.5, 0.6) is 0 Å². The van der Waals surface area contributed by atoms with Gasteiger partial charge in [-0.15, -0.1) is 0 Å². The third-order valence-corrected chi connectivity index (χ3v) is 7.02. The third kappa shape index (κ3) is 7.75. The molecule has 0 saturated carbocycles. The lowest BCUT2D eigenvalue weighted by Gasteiger charge is -2.25. The number of rotatable bonds is 11. The molecule has 1 heterocycles. The first-order valence-electron chi connectivity index (χ1n) is 13.4. The van der Waals surface area contributed by atoms with Crippen LogP contribution in [0.2, 0.25) is 0 Å². The van der Waals surface area contributed by atoms with Crippen LogP contribution in [0.1, 0.15) is 41.6 Å². The fourth-order valence-corrected chi connectivity index (χ4v) is 4.84. The maximum Gasteiger partial charge on any atom is 0.251 e. The number of carbonyl (C=O) groups is 2. The summed E-state index contributed by atoms with van der Waals surface area (Å²) < 4.78 is 0. The van der Waals surface area contributed by atoms with Crippen molar-refractivity contribution in [3.05, 3.63) is 96.1 Å². The summed E-state index contributed by atoms with van der Waals surface area (Å²) in [6.45, 7) is 2.48. The third-order valence-electron chi connectivity index (χ3n) is 7.02. The first kappa shape index (κ1) is 26.6. The van der Waals surface area contributed by atoms with Crippen molar-refractivity contribution in [1.82, 2.24) is 15.5 Å². The van der Waals surface area contributed by atoms with E-state index in [0.29, 0.717) is 31.7 Å². The number of nitrogens with one attached hydrogen (secondary N) is 2. The number of hydrogen-bond acceptors (Lipinski definition) is 4. The van der Waals surface area contributed by atoms with Gasteiger partial charge in [-0.05, 0) is 61.1 Å². The molecule has 1 aliphatic heterocycles. The zero-order valence-corrected chi connectivity index (χ0v) is 21.4. The molecule has 37 heavy (non-hydrogen) atoms. The van der Waals surface area contributed by atoms with Gasteiger partial charge in [0.25, 0.3) is 5.91 Å². The number of amides is 2. The van der Waals surface area contributed by atoms with Crippen molar-refractivity contribution in [1.29, 1.82) is 0 Å². The topological polar surface area (TPSA) is 87.5 Å². The number of hydrogen-bond donors (Lipinski definition) is 3. The fraction of sp³-hybridized carbons (Fsp3) is 0.355. The van der Waals surface area contributed by atoms with Gasteiger partial charge in [0.2, 0.25) is 5.91 Å². The molecule has 2 unspecified atom stereocenters. The molecule has 0 aliphatic carbocycles. The minimum atomic E-state index is -0.253. The van der Waals surface area contributed by atoms with Gasteiger partial charge in [0.15, 0.2) is 0 Å². The minimum Gasteiger partial charge on any atom is -0.350 e. The molecule has 2 atom stereocenters. The van der Waals surface area contributed by atoms with E-state index in [1.54, 1.807) is 0 Å². The zero-order valence-electron chi connectivity index (χ0n) is 21.4. The van der Waals surface area contributed by atoms with Gasteiger partial charge >= 0.3 is 0 Å². The molecule has 0 spiro atoms. The lowest BCUT2D eigenvalue weighted by molar-refractivity contribution is -0.132. The molecule has 1 aliphatic rings. The molecule has 0 radical (unpaired) electrons. The van der Waals surface area contributed by atoms with Crippen LogP contribution in [-0.4, -0.2) is 55.0 Å². The molecule has 194 valence electrons. The quantitative estimate of drug-likeness (QED) is 0.349. The van der Waals surface area contributed by atoms with E-state index >= 15 is 0 Å². The van der Waals surface area contributed by atoms with Crippen LogP contribution in [0.15, 0.2) is 84.9 Å². The summed E-state index contributed by atoms with van der Waals surface area (Å²) in [6.07, 6.45) is 4.18. The van der Waals surface area contributed by atoms with Gasteiger partial charge in [0.1, 0.15) is 0 Å². The van der Waals surface area contributed by atoms with E-state index in [1.807, 2.05) is 65.6 Å². The van der Waals surface area contributed by atoms with Gasteiger partial charge in [-0.1, -0.05) is 79.2 Å². The summed E-state index contributed by atoms with van der Waals surface area (Å²) in [5.74, 6) is 0.0517. The first-order chi connectivity index (χ1) is 18.1. The number of benzene rings is 3. The highest BCUT2D eigenvalue weighted by Gasteiger charge is 2.30. The molecule has 3 aromatic carbocycles. The van der Waals surface area contributed by atoms with E-state index in [4.69, 9.17) is 5.73 Å². The van der Waals surface area contributed by atoms with Gasteiger partial charge in [-0.25, -0.2) is 0 Å². The molecule has 1 fully saturated rings. The highest BCUT2D eigenvalue weighted by atomic mass is 16.2. The molecule has 1 saturated heterocycles. The summed E-state index contributed by atoms with van der Waals surface area (Å²) in [5, 5.41) is 6.62. The smallest absolute Gasteiger partial charge is 0.251 e. The second-order valence-corrected chi connectivity index (χ2v) is 9.70. The molecule has 4 rings (SSSR count). The van der Waals surface area contributed by atoms with E-state index in [1.165, 1.54) is 5.56 Å². The normalized spacial score (nSPS) is 17.9. The lowest BCUT2D eigenvalue weighted by atomic mass is 10.0. The van der Waals surface area contributed by atoms with Crippen molar-refractivity contribution >= 4 is 11.8 Å². The number of nitrogens with zero attached hydrogens (tertiary/aromatic N) is 1. The number of unbranched alkanes of at least 4 members (excludes halogenated alkanes) is 1.